The first-order valence-corrected chi connectivity index (χ1v) is 11.5. The first-order valence-electron chi connectivity index (χ1n) is 9.69. The van der Waals surface area contributed by atoms with Gasteiger partial charge in [-0.2, -0.15) is 4.31 Å². The molecule has 1 atom stereocenters. The largest absolute Gasteiger partial charge is 0.339 e. The Kier molecular flexibility index (Phi) is 6.78. The van der Waals surface area contributed by atoms with E-state index < -0.39 is 10.0 Å². The standard InChI is InChI=1S/C19H28ClN3O3S/c1-2-17-7-3-4-9-23(17)19(24)15-21-10-12-22(13-11-21)27(25,26)18-8-5-6-16(20)14-18/h5-6,8,14,17H,2-4,7,9-13,15H2,1H3/t17-/m0/s1. The fraction of sp³-hybridized carbons (Fsp3) is 0.632. The second-order valence-electron chi connectivity index (χ2n) is 7.28. The van der Waals surface area contributed by atoms with Crippen molar-refractivity contribution >= 4 is 27.5 Å². The Bertz CT molecular complexity index is 763. The minimum Gasteiger partial charge on any atom is -0.339 e. The second-order valence-corrected chi connectivity index (χ2v) is 9.66. The van der Waals surface area contributed by atoms with Gasteiger partial charge in [0.25, 0.3) is 0 Å². The number of nitrogens with zero attached hydrogens (tertiary/aromatic N) is 3. The fourth-order valence-corrected chi connectivity index (χ4v) is 5.66. The Morgan fingerprint density at radius 3 is 2.56 bits per heavy atom. The normalized spacial score (nSPS) is 22.7. The molecule has 27 heavy (non-hydrogen) atoms. The highest BCUT2D eigenvalue weighted by Gasteiger charge is 2.31. The molecule has 8 heteroatoms. The smallest absolute Gasteiger partial charge is 0.243 e. The van der Waals surface area contributed by atoms with Gasteiger partial charge in [0.1, 0.15) is 0 Å². The molecule has 6 nitrogen and oxygen atoms in total. The van der Waals surface area contributed by atoms with E-state index in [1.54, 1.807) is 18.2 Å². The minimum atomic E-state index is -3.54. The lowest BCUT2D eigenvalue weighted by molar-refractivity contribution is -0.136. The zero-order chi connectivity index (χ0) is 19.4. The van der Waals surface area contributed by atoms with Gasteiger partial charge in [0, 0.05) is 43.8 Å². The van der Waals surface area contributed by atoms with Gasteiger partial charge in [0.2, 0.25) is 15.9 Å². The monoisotopic (exact) mass is 413 g/mol. The summed E-state index contributed by atoms with van der Waals surface area (Å²) in [4.78, 5) is 17.0. The zero-order valence-corrected chi connectivity index (χ0v) is 17.4. The average molecular weight is 414 g/mol. The Labute approximate surface area is 167 Å². The van der Waals surface area contributed by atoms with Gasteiger partial charge >= 0.3 is 0 Å². The highest BCUT2D eigenvalue weighted by molar-refractivity contribution is 7.89. The first kappa shape index (κ1) is 20.6. The van der Waals surface area contributed by atoms with E-state index in [1.807, 2.05) is 4.90 Å². The minimum absolute atomic E-state index is 0.174. The fourth-order valence-electron chi connectivity index (χ4n) is 3.94. The first-order chi connectivity index (χ1) is 12.9. The molecule has 0 aromatic heterocycles. The van der Waals surface area contributed by atoms with Crippen LogP contribution in [0.3, 0.4) is 0 Å². The van der Waals surface area contributed by atoms with Crippen LogP contribution in [0.4, 0.5) is 0 Å². The number of amides is 1. The Morgan fingerprint density at radius 2 is 1.89 bits per heavy atom. The maximum absolute atomic E-state index is 12.8. The SMILES string of the molecule is CC[C@H]1CCCCN1C(=O)CN1CCN(S(=O)(=O)c2cccc(Cl)c2)CC1. The van der Waals surface area contributed by atoms with Crippen LogP contribution in [0.5, 0.6) is 0 Å². The molecule has 150 valence electrons. The second kappa shape index (κ2) is 8.90. The molecule has 2 aliphatic rings. The summed E-state index contributed by atoms with van der Waals surface area (Å²) in [7, 11) is -3.54. The molecule has 0 saturated carbocycles. The summed E-state index contributed by atoms with van der Waals surface area (Å²) in [5.41, 5.74) is 0. The van der Waals surface area contributed by atoms with Crippen LogP contribution in [-0.2, 0) is 14.8 Å². The molecule has 3 rings (SSSR count). The summed E-state index contributed by atoms with van der Waals surface area (Å²) in [6, 6.07) is 6.71. The van der Waals surface area contributed by atoms with Crippen molar-refractivity contribution in [1.29, 1.82) is 0 Å². The number of hydrogen-bond donors (Lipinski definition) is 0. The summed E-state index contributed by atoms with van der Waals surface area (Å²) >= 11 is 5.93. The number of halogens is 1. The van der Waals surface area contributed by atoms with Crippen molar-refractivity contribution in [3.05, 3.63) is 29.3 Å². The third kappa shape index (κ3) is 4.83. The van der Waals surface area contributed by atoms with Gasteiger partial charge in [-0.05, 0) is 43.9 Å². The highest BCUT2D eigenvalue weighted by atomic mass is 35.5. The average Bonchev–Trinajstić information content (AvgIpc) is 2.68. The van der Waals surface area contributed by atoms with Gasteiger partial charge < -0.3 is 4.90 Å². The van der Waals surface area contributed by atoms with E-state index >= 15 is 0 Å². The predicted molar refractivity (Wildman–Crippen MR) is 106 cm³/mol. The summed E-state index contributed by atoms with van der Waals surface area (Å²) in [5, 5.41) is 0.410. The number of carbonyl (C=O) groups is 1. The van der Waals surface area contributed by atoms with Gasteiger partial charge in [0.15, 0.2) is 0 Å². The van der Waals surface area contributed by atoms with Gasteiger partial charge in [-0.3, -0.25) is 9.69 Å². The number of piperazine rings is 1. The maximum Gasteiger partial charge on any atom is 0.243 e. The van der Waals surface area contributed by atoms with E-state index in [4.69, 9.17) is 11.6 Å². The summed E-state index contributed by atoms with van der Waals surface area (Å²) in [6.07, 6.45) is 4.36. The van der Waals surface area contributed by atoms with Crippen LogP contribution < -0.4 is 0 Å². The molecule has 0 bridgehead atoms. The van der Waals surface area contributed by atoms with E-state index in [0.29, 0.717) is 43.8 Å². The van der Waals surface area contributed by atoms with Crippen molar-refractivity contribution in [2.24, 2.45) is 0 Å². The summed E-state index contributed by atoms with van der Waals surface area (Å²) < 4.78 is 27.0. The molecule has 0 spiro atoms. The van der Waals surface area contributed by atoms with E-state index in [9.17, 15) is 13.2 Å². The maximum atomic E-state index is 12.8. The highest BCUT2D eigenvalue weighted by Crippen LogP contribution is 2.22. The van der Waals surface area contributed by atoms with Crippen LogP contribution in [0.2, 0.25) is 5.02 Å². The van der Waals surface area contributed by atoms with Crippen LogP contribution in [0.25, 0.3) is 0 Å². The Balaban J connectivity index is 1.56. The van der Waals surface area contributed by atoms with Crippen molar-refractivity contribution in [2.75, 3.05) is 39.3 Å². The van der Waals surface area contributed by atoms with Crippen LogP contribution in [0.15, 0.2) is 29.2 Å². The van der Waals surface area contributed by atoms with E-state index in [1.165, 1.54) is 16.8 Å². The predicted octanol–water partition coefficient (Wildman–Crippen LogP) is 2.44. The number of likely N-dealkylation sites (tertiary alicyclic amines) is 1. The number of benzene rings is 1. The zero-order valence-electron chi connectivity index (χ0n) is 15.8. The van der Waals surface area contributed by atoms with Crippen molar-refractivity contribution in [3.63, 3.8) is 0 Å². The van der Waals surface area contributed by atoms with Crippen LogP contribution in [0, 0.1) is 0 Å². The van der Waals surface area contributed by atoms with Crippen molar-refractivity contribution < 1.29 is 13.2 Å². The van der Waals surface area contributed by atoms with E-state index in [0.717, 1.165) is 25.8 Å². The molecule has 2 fully saturated rings. The number of hydrogen-bond acceptors (Lipinski definition) is 4. The number of sulfonamides is 1. The molecular formula is C19H28ClN3O3S. The van der Waals surface area contributed by atoms with Crippen molar-refractivity contribution in [2.45, 2.75) is 43.5 Å². The molecular weight excluding hydrogens is 386 g/mol. The number of rotatable bonds is 5. The van der Waals surface area contributed by atoms with Crippen LogP contribution in [0.1, 0.15) is 32.6 Å². The molecule has 1 aromatic rings. The topological polar surface area (TPSA) is 60.9 Å². The van der Waals surface area contributed by atoms with Gasteiger partial charge in [-0.25, -0.2) is 8.42 Å². The van der Waals surface area contributed by atoms with Gasteiger partial charge in [-0.1, -0.05) is 24.6 Å². The number of carbonyl (C=O) groups excluding carboxylic acids is 1. The van der Waals surface area contributed by atoms with Gasteiger partial charge in [-0.15, -0.1) is 0 Å². The molecule has 2 saturated heterocycles. The molecule has 2 aliphatic heterocycles. The van der Waals surface area contributed by atoms with Crippen molar-refractivity contribution in [3.8, 4) is 0 Å². The molecule has 1 amide bonds. The Hall–Kier alpha value is -1.15. The number of piperidine rings is 1. The molecule has 0 aliphatic carbocycles. The van der Waals surface area contributed by atoms with Crippen molar-refractivity contribution in [1.82, 2.24) is 14.1 Å². The molecule has 0 radical (unpaired) electrons. The molecule has 1 aromatic carbocycles. The Morgan fingerprint density at radius 1 is 1.15 bits per heavy atom. The summed E-state index contributed by atoms with van der Waals surface area (Å²) in [5.74, 6) is 0.174. The lowest BCUT2D eigenvalue weighted by atomic mass is 10.00. The molecule has 2 heterocycles. The summed E-state index contributed by atoms with van der Waals surface area (Å²) in [6.45, 7) is 5.27. The van der Waals surface area contributed by atoms with E-state index in [-0.39, 0.29) is 10.8 Å². The lowest BCUT2D eigenvalue weighted by Crippen LogP contribution is -2.53. The van der Waals surface area contributed by atoms with E-state index in [2.05, 4.69) is 11.8 Å². The third-order valence-corrected chi connectivity index (χ3v) is 7.67. The molecule has 0 unspecified atom stereocenters. The quantitative estimate of drug-likeness (QED) is 0.743. The molecule has 0 N–H and O–H groups in total. The third-order valence-electron chi connectivity index (χ3n) is 5.54. The lowest BCUT2D eigenvalue weighted by Gasteiger charge is -2.38. The van der Waals surface area contributed by atoms with Crippen LogP contribution in [-0.4, -0.2) is 73.7 Å². The van der Waals surface area contributed by atoms with Gasteiger partial charge in [0.05, 0.1) is 11.4 Å². The van der Waals surface area contributed by atoms with Crippen LogP contribution >= 0.6 is 11.6 Å².